The van der Waals surface area contributed by atoms with E-state index in [0.29, 0.717) is 13.2 Å². The second kappa shape index (κ2) is 6.69. The van der Waals surface area contributed by atoms with Crippen LogP contribution in [-0.4, -0.2) is 47.6 Å². The number of aromatic carboxylic acids is 1. The number of nitrogens with zero attached hydrogens (tertiary/aromatic N) is 2. The summed E-state index contributed by atoms with van der Waals surface area (Å²) < 4.78 is 12.5. The van der Waals surface area contributed by atoms with Gasteiger partial charge in [-0.1, -0.05) is 6.92 Å². The van der Waals surface area contributed by atoms with Crippen LogP contribution in [0.5, 0.6) is 0 Å². The first-order chi connectivity index (χ1) is 10.1. The van der Waals surface area contributed by atoms with E-state index in [4.69, 9.17) is 14.6 Å². The molecule has 0 aliphatic carbocycles. The molecule has 2 aromatic rings. The van der Waals surface area contributed by atoms with Crippen molar-refractivity contribution in [1.82, 2.24) is 9.55 Å². The van der Waals surface area contributed by atoms with Gasteiger partial charge in [-0.25, -0.2) is 9.78 Å². The van der Waals surface area contributed by atoms with E-state index in [-0.39, 0.29) is 11.7 Å². The average molecular weight is 292 g/mol. The van der Waals surface area contributed by atoms with Gasteiger partial charge in [0.15, 0.2) is 0 Å². The quantitative estimate of drug-likeness (QED) is 0.844. The average Bonchev–Trinajstić information content (AvgIpc) is 2.83. The lowest BCUT2D eigenvalue weighted by atomic mass is 10.2. The first-order valence-corrected chi connectivity index (χ1v) is 6.84. The summed E-state index contributed by atoms with van der Waals surface area (Å²) in [7, 11) is 3.26. The molecule has 0 radical (unpaired) electrons. The molecule has 0 saturated carbocycles. The number of carbonyl (C=O) groups is 1. The fraction of sp³-hybridized carbons (Fsp3) is 0.467. The van der Waals surface area contributed by atoms with Gasteiger partial charge < -0.3 is 19.1 Å². The third-order valence-corrected chi connectivity index (χ3v) is 3.46. The van der Waals surface area contributed by atoms with Crippen molar-refractivity contribution in [3.8, 4) is 0 Å². The van der Waals surface area contributed by atoms with Gasteiger partial charge in [0.25, 0.3) is 0 Å². The maximum Gasteiger partial charge on any atom is 0.335 e. The molecule has 1 N–H and O–H groups in total. The SMILES string of the molecule is CCc1nc2ccc(C(=O)O)cc2n1CC(COC)OC. The van der Waals surface area contributed by atoms with Crippen molar-refractivity contribution in [2.45, 2.75) is 26.0 Å². The standard InChI is InChI=1S/C15H20N2O4/c1-4-14-16-12-6-5-10(15(18)19)7-13(12)17(14)8-11(21-3)9-20-2/h5-7,11H,4,8-9H2,1-3H3,(H,18,19). The van der Waals surface area contributed by atoms with Gasteiger partial charge in [0.1, 0.15) is 5.82 Å². The van der Waals surface area contributed by atoms with E-state index < -0.39 is 5.97 Å². The summed E-state index contributed by atoms with van der Waals surface area (Å²) in [5.41, 5.74) is 1.86. The van der Waals surface area contributed by atoms with Gasteiger partial charge in [-0.05, 0) is 18.2 Å². The summed E-state index contributed by atoms with van der Waals surface area (Å²) in [5.74, 6) is -0.0337. The Hall–Kier alpha value is -1.92. The van der Waals surface area contributed by atoms with Gasteiger partial charge in [-0.3, -0.25) is 0 Å². The van der Waals surface area contributed by atoms with E-state index >= 15 is 0 Å². The van der Waals surface area contributed by atoms with E-state index in [2.05, 4.69) is 4.98 Å². The van der Waals surface area contributed by atoms with Crippen molar-refractivity contribution in [3.63, 3.8) is 0 Å². The summed E-state index contributed by atoms with van der Waals surface area (Å²) in [6, 6.07) is 4.97. The first-order valence-electron chi connectivity index (χ1n) is 6.84. The monoisotopic (exact) mass is 292 g/mol. The molecule has 21 heavy (non-hydrogen) atoms. The highest BCUT2D eigenvalue weighted by Crippen LogP contribution is 2.20. The highest BCUT2D eigenvalue weighted by molar-refractivity contribution is 5.92. The second-order valence-corrected chi connectivity index (χ2v) is 4.81. The third kappa shape index (κ3) is 3.22. The molecule has 0 fully saturated rings. The second-order valence-electron chi connectivity index (χ2n) is 4.81. The molecule has 1 unspecified atom stereocenters. The zero-order valence-corrected chi connectivity index (χ0v) is 12.5. The largest absolute Gasteiger partial charge is 0.478 e. The molecular weight excluding hydrogens is 272 g/mol. The number of aryl methyl sites for hydroxylation is 1. The van der Waals surface area contributed by atoms with Crippen LogP contribution in [0.1, 0.15) is 23.1 Å². The smallest absolute Gasteiger partial charge is 0.335 e. The van der Waals surface area contributed by atoms with Crippen LogP contribution in [0.4, 0.5) is 0 Å². The minimum Gasteiger partial charge on any atom is -0.478 e. The van der Waals surface area contributed by atoms with E-state index in [9.17, 15) is 4.79 Å². The third-order valence-electron chi connectivity index (χ3n) is 3.46. The Bertz CT molecular complexity index is 636. The lowest BCUT2D eigenvalue weighted by Gasteiger charge is -2.17. The Kier molecular flexibility index (Phi) is 4.93. The Morgan fingerprint density at radius 1 is 1.43 bits per heavy atom. The van der Waals surface area contributed by atoms with Crippen LogP contribution in [0.3, 0.4) is 0 Å². The number of hydrogen-bond donors (Lipinski definition) is 1. The van der Waals surface area contributed by atoms with Crippen molar-refractivity contribution >= 4 is 17.0 Å². The van der Waals surface area contributed by atoms with Crippen LogP contribution in [0.25, 0.3) is 11.0 Å². The van der Waals surface area contributed by atoms with Crippen molar-refractivity contribution in [2.75, 3.05) is 20.8 Å². The molecule has 114 valence electrons. The van der Waals surface area contributed by atoms with Gasteiger partial charge in [-0.15, -0.1) is 0 Å². The minimum absolute atomic E-state index is 0.105. The van der Waals surface area contributed by atoms with Gasteiger partial charge in [-0.2, -0.15) is 0 Å². The van der Waals surface area contributed by atoms with E-state index in [1.54, 1.807) is 32.4 Å². The Labute approximate surface area is 123 Å². The molecular formula is C15H20N2O4. The minimum atomic E-state index is -0.942. The van der Waals surface area contributed by atoms with Crippen molar-refractivity contribution in [1.29, 1.82) is 0 Å². The molecule has 1 atom stereocenters. The number of ether oxygens (including phenoxy) is 2. The number of imidazole rings is 1. The van der Waals surface area contributed by atoms with Crippen LogP contribution in [0.2, 0.25) is 0 Å². The molecule has 0 aliphatic heterocycles. The van der Waals surface area contributed by atoms with Crippen LogP contribution < -0.4 is 0 Å². The fourth-order valence-electron chi connectivity index (χ4n) is 2.36. The molecule has 2 rings (SSSR count). The normalized spacial score (nSPS) is 12.7. The first kappa shape index (κ1) is 15.5. The summed E-state index contributed by atoms with van der Waals surface area (Å²) in [4.78, 5) is 15.7. The number of rotatable bonds is 7. The molecule has 1 heterocycles. The van der Waals surface area contributed by atoms with Crippen LogP contribution in [0.15, 0.2) is 18.2 Å². The predicted molar refractivity (Wildman–Crippen MR) is 78.7 cm³/mol. The van der Waals surface area contributed by atoms with Crippen molar-refractivity contribution in [2.24, 2.45) is 0 Å². The molecule has 0 amide bonds. The maximum atomic E-state index is 11.1. The topological polar surface area (TPSA) is 73.6 Å². The van der Waals surface area contributed by atoms with E-state index in [1.807, 2.05) is 11.5 Å². The lowest BCUT2D eigenvalue weighted by Crippen LogP contribution is -2.24. The highest BCUT2D eigenvalue weighted by Gasteiger charge is 2.16. The van der Waals surface area contributed by atoms with Crippen molar-refractivity contribution < 1.29 is 19.4 Å². The van der Waals surface area contributed by atoms with Gasteiger partial charge in [0.05, 0.1) is 35.9 Å². The number of carboxylic acids is 1. The number of benzene rings is 1. The number of aromatic nitrogens is 2. The number of hydrogen-bond acceptors (Lipinski definition) is 4. The summed E-state index contributed by atoms with van der Waals surface area (Å²) in [6.07, 6.45) is 0.659. The lowest BCUT2D eigenvalue weighted by molar-refractivity contribution is 0.0186. The molecule has 0 bridgehead atoms. The Morgan fingerprint density at radius 2 is 2.19 bits per heavy atom. The van der Waals surface area contributed by atoms with Gasteiger partial charge in [0.2, 0.25) is 0 Å². The van der Waals surface area contributed by atoms with Gasteiger partial charge in [0, 0.05) is 20.6 Å². The summed E-state index contributed by atoms with van der Waals surface area (Å²) >= 11 is 0. The van der Waals surface area contributed by atoms with Crippen LogP contribution in [0, 0.1) is 0 Å². The van der Waals surface area contributed by atoms with E-state index in [0.717, 1.165) is 23.3 Å². The fourth-order valence-corrected chi connectivity index (χ4v) is 2.36. The summed E-state index contributed by atoms with van der Waals surface area (Å²) in [5, 5.41) is 9.14. The molecule has 1 aromatic carbocycles. The van der Waals surface area contributed by atoms with Gasteiger partial charge >= 0.3 is 5.97 Å². The predicted octanol–water partition coefficient (Wildman–Crippen LogP) is 1.96. The Morgan fingerprint density at radius 3 is 2.76 bits per heavy atom. The van der Waals surface area contributed by atoms with Crippen LogP contribution >= 0.6 is 0 Å². The van der Waals surface area contributed by atoms with Crippen molar-refractivity contribution in [3.05, 3.63) is 29.6 Å². The zero-order chi connectivity index (χ0) is 15.4. The Balaban J connectivity index is 2.47. The molecule has 1 aromatic heterocycles. The highest BCUT2D eigenvalue weighted by atomic mass is 16.5. The number of methoxy groups -OCH3 is 2. The van der Waals surface area contributed by atoms with E-state index in [1.165, 1.54) is 0 Å². The summed E-state index contributed by atoms with van der Waals surface area (Å²) in [6.45, 7) is 3.07. The molecule has 6 nitrogen and oxygen atoms in total. The molecule has 6 heteroatoms. The number of fused-ring (bicyclic) bond motifs is 1. The van der Waals surface area contributed by atoms with Crippen LogP contribution in [-0.2, 0) is 22.4 Å². The molecule has 0 aliphatic rings. The number of carboxylic acid groups (broad SMARTS) is 1. The zero-order valence-electron chi connectivity index (χ0n) is 12.5. The molecule has 0 spiro atoms. The maximum absolute atomic E-state index is 11.1. The molecule has 0 saturated heterocycles.